The highest BCUT2D eigenvalue weighted by Crippen LogP contribution is 2.31. The summed E-state index contributed by atoms with van der Waals surface area (Å²) in [6.07, 6.45) is 4.47. The molecule has 4 aromatic rings. The molecule has 2 aliphatic rings. The molecule has 0 radical (unpaired) electrons. The van der Waals surface area contributed by atoms with Gasteiger partial charge in [-0.2, -0.15) is 14.6 Å². The minimum atomic E-state index is -3.65. The molecule has 3 heterocycles. The number of piperidine rings is 1. The minimum Gasteiger partial charge on any atom is -0.339 e. The second-order valence-electron chi connectivity index (χ2n) is 10.9. The number of aromatic nitrogens is 2. The summed E-state index contributed by atoms with van der Waals surface area (Å²) in [5.74, 6) is 0.857. The summed E-state index contributed by atoms with van der Waals surface area (Å²) in [7, 11) is -3.65. The number of carbonyl (C=O) groups is 1. The molecule has 0 saturated carbocycles. The first-order chi connectivity index (χ1) is 21.3. The highest BCUT2D eigenvalue weighted by molar-refractivity contribution is 7.89. The maximum absolute atomic E-state index is 13.2. The molecule has 1 saturated heterocycles. The van der Waals surface area contributed by atoms with Crippen LogP contribution in [-0.4, -0.2) is 41.7 Å². The molecule has 2 aliphatic heterocycles. The van der Waals surface area contributed by atoms with Crippen molar-refractivity contribution in [3.8, 4) is 6.07 Å². The highest BCUT2D eigenvalue weighted by Gasteiger charge is 2.30. The third-order valence-electron chi connectivity index (χ3n) is 7.92. The number of nitrogens with zero attached hydrogens (tertiary/aromatic N) is 4. The van der Waals surface area contributed by atoms with E-state index in [0.717, 1.165) is 34.6 Å². The number of hydrogen-bond acceptors (Lipinski definition) is 8. The molecule has 0 atom stereocenters. The number of aryl methyl sites for hydroxylation is 2. The first-order valence-corrected chi connectivity index (χ1v) is 16.2. The van der Waals surface area contributed by atoms with Crippen LogP contribution in [0.15, 0.2) is 77.8 Å². The fourth-order valence-corrected chi connectivity index (χ4v) is 7.14. The van der Waals surface area contributed by atoms with Crippen LogP contribution < -0.4 is 16.0 Å². The van der Waals surface area contributed by atoms with Gasteiger partial charge in [-0.3, -0.25) is 4.79 Å². The number of sulfonamides is 1. The number of benzene rings is 3. The van der Waals surface area contributed by atoms with Crippen LogP contribution in [0.4, 0.5) is 28.8 Å². The molecule has 0 spiro atoms. The molecule has 6 rings (SSSR count). The Morgan fingerprint density at radius 3 is 2.57 bits per heavy atom. The van der Waals surface area contributed by atoms with Crippen LogP contribution in [0.1, 0.15) is 36.0 Å². The van der Waals surface area contributed by atoms with E-state index < -0.39 is 10.0 Å². The molecule has 3 N–H and O–H groups in total. The van der Waals surface area contributed by atoms with Crippen molar-refractivity contribution >= 4 is 56.4 Å². The van der Waals surface area contributed by atoms with Crippen molar-refractivity contribution in [2.24, 2.45) is 5.92 Å². The molecule has 0 unspecified atom stereocenters. The number of anilines is 5. The van der Waals surface area contributed by atoms with Crippen molar-refractivity contribution in [1.82, 2.24) is 14.3 Å². The molecule has 224 valence electrons. The Labute approximate surface area is 261 Å². The van der Waals surface area contributed by atoms with Crippen molar-refractivity contribution in [3.63, 3.8) is 0 Å². The average Bonchev–Trinajstić information content (AvgIpc) is 3.03. The van der Waals surface area contributed by atoms with Gasteiger partial charge in [-0.05, 0) is 97.3 Å². The number of nitriles is 1. The van der Waals surface area contributed by atoms with E-state index in [1.54, 1.807) is 6.20 Å². The van der Waals surface area contributed by atoms with E-state index in [4.69, 9.17) is 16.9 Å². The first-order valence-electron chi connectivity index (χ1n) is 14.4. The molecule has 1 fully saturated rings. The Balaban J connectivity index is 1.13. The Kier molecular flexibility index (Phi) is 8.48. The van der Waals surface area contributed by atoms with Gasteiger partial charge in [0.25, 0.3) is 0 Å². The summed E-state index contributed by atoms with van der Waals surface area (Å²) in [6, 6.07) is 21.7. The van der Waals surface area contributed by atoms with Gasteiger partial charge in [-0.25, -0.2) is 13.4 Å². The van der Waals surface area contributed by atoms with Crippen LogP contribution >= 0.6 is 11.6 Å². The topological polar surface area (TPSA) is 140 Å². The lowest BCUT2D eigenvalue weighted by molar-refractivity contribution is -0.117. The van der Waals surface area contributed by atoms with Gasteiger partial charge in [0, 0.05) is 36.6 Å². The number of nitrogens with one attached hydrogen (secondary N) is 3. The molecule has 0 aliphatic carbocycles. The van der Waals surface area contributed by atoms with Gasteiger partial charge in [-0.15, -0.1) is 0 Å². The number of fused-ring (bicyclic) bond motifs is 6. The number of amides is 1. The summed E-state index contributed by atoms with van der Waals surface area (Å²) in [5.41, 5.74) is 4.89. The quantitative estimate of drug-likeness (QED) is 0.244. The van der Waals surface area contributed by atoms with E-state index in [-0.39, 0.29) is 16.7 Å². The Hall–Kier alpha value is -4.50. The monoisotopic (exact) mass is 627 g/mol. The third-order valence-corrected chi connectivity index (χ3v) is 10.1. The number of halogens is 1. The van der Waals surface area contributed by atoms with Crippen molar-refractivity contribution in [3.05, 3.63) is 94.6 Å². The van der Waals surface area contributed by atoms with Crippen molar-refractivity contribution < 1.29 is 13.2 Å². The molecule has 12 heteroatoms. The zero-order valence-electron chi connectivity index (χ0n) is 23.8. The minimum absolute atomic E-state index is 0.0674. The molecule has 3 aromatic carbocycles. The van der Waals surface area contributed by atoms with Crippen LogP contribution in [0, 0.1) is 17.2 Å². The largest absolute Gasteiger partial charge is 0.339 e. The second kappa shape index (κ2) is 12.6. The summed E-state index contributed by atoms with van der Waals surface area (Å²) in [4.78, 5) is 22.2. The van der Waals surface area contributed by atoms with Crippen molar-refractivity contribution in [2.75, 3.05) is 29.0 Å². The van der Waals surface area contributed by atoms with Crippen LogP contribution in [0.25, 0.3) is 0 Å². The molecule has 6 bridgehead atoms. The Bertz CT molecular complexity index is 1850. The smallest absolute Gasteiger partial charge is 0.243 e. The number of rotatable bonds is 5. The van der Waals surface area contributed by atoms with E-state index in [2.05, 4.69) is 38.1 Å². The van der Waals surface area contributed by atoms with E-state index >= 15 is 0 Å². The fourth-order valence-electron chi connectivity index (χ4n) is 5.53. The van der Waals surface area contributed by atoms with Gasteiger partial charge in [0.15, 0.2) is 5.82 Å². The predicted octanol–water partition coefficient (Wildman–Crippen LogP) is 6.02. The van der Waals surface area contributed by atoms with Gasteiger partial charge in [0.2, 0.25) is 21.9 Å². The van der Waals surface area contributed by atoms with Crippen molar-refractivity contribution in [2.45, 2.75) is 37.0 Å². The lowest BCUT2D eigenvalue weighted by atomic mass is 9.94. The summed E-state index contributed by atoms with van der Waals surface area (Å²) >= 11 is 6.38. The normalized spacial score (nSPS) is 15.4. The SMILES string of the molecule is N#Cc1ccc(S(=O)(=O)N2CCC(CC(=O)Nc3ccc4cc3CCc3cccc(c3)Nc3ncc(Cl)c(n3)N4)CC2)cc1. The first kappa shape index (κ1) is 29.6. The molecule has 1 aromatic heterocycles. The Morgan fingerprint density at radius 1 is 1.02 bits per heavy atom. The molecule has 10 nitrogen and oxygen atoms in total. The third kappa shape index (κ3) is 6.68. The van der Waals surface area contributed by atoms with E-state index in [0.29, 0.717) is 61.1 Å². The fraction of sp³-hybridized carbons (Fsp3) is 0.250. The maximum atomic E-state index is 13.2. The van der Waals surface area contributed by atoms with Crippen LogP contribution in [-0.2, 0) is 27.7 Å². The lowest BCUT2D eigenvalue weighted by Gasteiger charge is -2.31. The zero-order chi connectivity index (χ0) is 30.7. The van der Waals surface area contributed by atoms with Gasteiger partial charge < -0.3 is 16.0 Å². The zero-order valence-corrected chi connectivity index (χ0v) is 25.3. The van der Waals surface area contributed by atoms with Crippen molar-refractivity contribution in [1.29, 1.82) is 5.26 Å². The lowest BCUT2D eigenvalue weighted by Crippen LogP contribution is -2.39. The highest BCUT2D eigenvalue weighted by atomic mass is 35.5. The predicted molar refractivity (Wildman–Crippen MR) is 170 cm³/mol. The standard InChI is InChI=1S/C32H30ClN7O3S/c33-28-20-35-32-37-25-3-1-2-21(16-25)4-7-24-18-26(36-31(28)39-32)8-11-29(24)38-30(41)17-22-12-14-40(15-13-22)44(42,43)27-9-5-23(19-34)6-10-27/h1-3,5-6,8-11,16,18,20,22H,4,7,12-15,17H2,(H,38,41)(H2,35,36,37,39). The van der Waals surface area contributed by atoms with Crippen LogP contribution in [0.2, 0.25) is 5.02 Å². The van der Waals surface area contributed by atoms with Gasteiger partial charge in [0.1, 0.15) is 5.02 Å². The molecular formula is C32H30ClN7O3S. The van der Waals surface area contributed by atoms with Crippen LogP contribution in [0.3, 0.4) is 0 Å². The number of hydrogen-bond donors (Lipinski definition) is 3. The number of carbonyl (C=O) groups excluding carboxylic acids is 1. The molecule has 44 heavy (non-hydrogen) atoms. The van der Waals surface area contributed by atoms with Crippen LogP contribution in [0.5, 0.6) is 0 Å². The Morgan fingerprint density at radius 2 is 1.80 bits per heavy atom. The van der Waals surface area contributed by atoms with Gasteiger partial charge in [0.05, 0.1) is 22.7 Å². The molecule has 1 amide bonds. The van der Waals surface area contributed by atoms with E-state index in [1.165, 1.54) is 28.6 Å². The summed E-state index contributed by atoms with van der Waals surface area (Å²) in [5, 5.41) is 19.0. The second-order valence-corrected chi connectivity index (χ2v) is 13.3. The average molecular weight is 628 g/mol. The van der Waals surface area contributed by atoms with E-state index in [1.807, 2.05) is 36.4 Å². The van der Waals surface area contributed by atoms with Gasteiger partial charge in [-0.1, -0.05) is 23.7 Å². The van der Waals surface area contributed by atoms with E-state index in [9.17, 15) is 13.2 Å². The van der Waals surface area contributed by atoms with Gasteiger partial charge >= 0.3 is 0 Å². The molecular weight excluding hydrogens is 598 g/mol. The summed E-state index contributed by atoms with van der Waals surface area (Å²) < 4.78 is 27.6. The maximum Gasteiger partial charge on any atom is 0.243 e. The summed E-state index contributed by atoms with van der Waals surface area (Å²) in [6.45, 7) is 0.681.